The van der Waals surface area contributed by atoms with Crippen LogP contribution in [0.3, 0.4) is 0 Å². The zero-order valence-corrected chi connectivity index (χ0v) is 24.7. The maximum atomic E-state index is 12.4. The van der Waals surface area contributed by atoms with E-state index in [1.165, 1.54) is 12.1 Å². The molecule has 1 aromatic carbocycles. The number of nitrogens with one attached hydrogen (secondary N) is 1. The van der Waals surface area contributed by atoms with Crippen molar-refractivity contribution in [1.29, 1.82) is 0 Å². The van der Waals surface area contributed by atoms with E-state index in [1.807, 2.05) is 20.8 Å². The number of rotatable bonds is 20. The van der Waals surface area contributed by atoms with Gasteiger partial charge in [-0.3, -0.25) is 14.4 Å². The molecule has 10 heteroatoms. The highest BCUT2D eigenvalue weighted by Gasteiger charge is 2.22. The number of hydrogen-bond acceptors (Lipinski definition) is 9. The van der Waals surface area contributed by atoms with Gasteiger partial charge in [-0.1, -0.05) is 58.9 Å². The van der Waals surface area contributed by atoms with E-state index >= 15 is 0 Å². The lowest BCUT2D eigenvalue weighted by Crippen LogP contribution is -2.42. The lowest BCUT2D eigenvalue weighted by Gasteiger charge is -2.20. The summed E-state index contributed by atoms with van der Waals surface area (Å²) in [6.07, 6.45) is 5.49. The summed E-state index contributed by atoms with van der Waals surface area (Å²) in [6, 6.07) is 3.65. The lowest BCUT2D eigenvalue weighted by molar-refractivity contribution is -0.139. The Kier molecular flexibility index (Phi) is 17.3. The Morgan fingerprint density at radius 2 is 1.38 bits per heavy atom. The van der Waals surface area contributed by atoms with Crippen molar-refractivity contribution < 1.29 is 43.2 Å². The highest BCUT2D eigenvalue weighted by Crippen LogP contribution is 2.30. The van der Waals surface area contributed by atoms with Crippen LogP contribution in [-0.4, -0.2) is 54.0 Å². The van der Waals surface area contributed by atoms with Gasteiger partial charge < -0.3 is 29.4 Å². The summed E-state index contributed by atoms with van der Waals surface area (Å²) in [6.45, 7) is 9.56. The molecule has 0 bridgehead atoms. The van der Waals surface area contributed by atoms with Crippen LogP contribution in [0.1, 0.15) is 104 Å². The molecule has 0 aliphatic rings. The molecule has 0 aliphatic heterocycles. The molecular formula is C30H47NO9. The Labute approximate surface area is 238 Å². The van der Waals surface area contributed by atoms with Gasteiger partial charge in [0.1, 0.15) is 18.2 Å². The van der Waals surface area contributed by atoms with E-state index in [0.29, 0.717) is 18.4 Å². The van der Waals surface area contributed by atoms with Crippen molar-refractivity contribution in [2.45, 2.75) is 123 Å². The monoisotopic (exact) mass is 565 g/mol. The number of carboxylic acids is 1. The van der Waals surface area contributed by atoms with Gasteiger partial charge in [0.2, 0.25) is 0 Å². The van der Waals surface area contributed by atoms with Gasteiger partial charge in [0, 0.05) is 19.4 Å². The first-order chi connectivity index (χ1) is 19.1. The van der Waals surface area contributed by atoms with Gasteiger partial charge in [-0.25, -0.2) is 4.79 Å². The number of aliphatic carboxylic acids is 1. The quantitative estimate of drug-likeness (QED) is 0.110. The van der Waals surface area contributed by atoms with Gasteiger partial charge >= 0.3 is 24.1 Å². The predicted molar refractivity (Wildman–Crippen MR) is 151 cm³/mol. The molecule has 1 aromatic rings. The van der Waals surface area contributed by atoms with E-state index in [9.17, 15) is 24.3 Å². The summed E-state index contributed by atoms with van der Waals surface area (Å²) in [7, 11) is 0. The van der Waals surface area contributed by atoms with E-state index < -0.39 is 36.2 Å². The van der Waals surface area contributed by atoms with Crippen LogP contribution in [-0.2, 0) is 30.3 Å². The molecule has 0 fully saturated rings. The number of hydrogen-bond donors (Lipinski definition) is 2. The molecule has 0 aromatic heterocycles. The number of ether oxygens (including phenoxy) is 4. The number of esters is 2. The van der Waals surface area contributed by atoms with Crippen molar-refractivity contribution in [2.75, 3.05) is 6.54 Å². The third-order valence-corrected chi connectivity index (χ3v) is 6.10. The smallest absolute Gasteiger partial charge is 0.480 e. The summed E-state index contributed by atoms with van der Waals surface area (Å²) in [5, 5.41) is 12.7. The van der Waals surface area contributed by atoms with Crippen molar-refractivity contribution >= 4 is 24.1 Å². The van der Waals surface area contributed by atoms with Crippen LogP contribution in [0.5, 0.6) is 11.5 Å². The first-order valence-electron chi connectivity index (χ1n) is 14.5. The van der Waals surface area contributed by atoms with Crippen LogP contribution >= 0.6 is 0 Å². The number of carbonyl (C=O) groups excluding carboxylic acids is 3. The predicted octanol–water partition coefficient (Wildman–Crippen LogP) is 5.97. The summed E-state index contributed by atoms with van der Waals surface area (Å²) in [5.41, 5.74) is 0.559. The van der Waals surface area contributed by atoms with Crippen molar-refractivity contribution in [3.8, 4) is 11.5 Å². The van der Waals surface area contributed by atoms with Crippen molar-refractivity contribution in [2.24, 2.45) is 0 Å². The molecule has 0 spiro atoms. The van der Waals surface area contributed by atoms with Crippen molar-refractivity contribution in [1.82, 2.24) is 5.32 Å². The summed E-state index contributed by atoms with van der Waals surface area (Å²) >= 11 is 0. The maximum absolute atomic E-state index is 12.4. The van der Waals surface area contributed by atoms with Gasteiger partial charge in [0.15, 0.2) is 11.5 Å². The first-order valence-corrected chi connectivity index (χ1v) is 14.5. The van der Waals surface area contributed by atoms with E-state index in [-0.39, 0.29) is 43.4 Å². The van der Waals surface area contributed by atoms with Crippen LogP contribution in [0.2, 0.25) is 0 Å². The van der Waals surface area contributed by atoms with Gasteiger partial charge in [0.05, 0.1) is 0 Å². The number of unbranched alkanes of at least 4 members (excludes halogenated alkanes) is 4. The second-order valence-corrected chi connectivity index (χ2v) is 10.0. The largest absolute Gasteiger partial charge is 0.508 e. The number of carbonyl (C=O) groups is 4. The fourth-order valence-electron chi connectivity index (χ4n) is 3.88. The minimum Gasteiger partial charge on any atom is -0.480 e. The van der Waals surface area contributed by atoms with Crippen molar-refractivity contribution in [3.05, 3.63) is 23.8 Å². The Morgan fingerprint density at radius 1 is 0.800 bits per heavy atom. The van der Waals surface area contributed by atoms with Gasteiger partial charge in [0.25, 0.3) is 0 Å². The molecule has 0 saturated heterocycles. The zero-order chi connectivity index (χ0) is 29.9. The SMILES string of the molecule is CCCCCC(=O)Oc1ccc(C[C@H](NCC(C)OC(=O)OC(C)CCC)C(=O)O)cc1OC(=O)CCCCC. The van der Waals surface area contributed by atoms with Crippen LogP contribution in [0, 0.1) is 0 Å². The Morgan fingerprint density at radius 3 is 1.93 bits per heavy atom. The molecule has 226 valence electrons. The lowest BCUT2D eigenvalue weighted by atomic mass is 10.0. The summed E-state index contributed by atoms with van der Waals surface area (Å²) in [4.78, 5) is 48.6. The Balaban J connectivity index is 2.91. The highest BCUT2D eigenvalue weighted by molar-refractivity contribution is 5.77. The highest BCUT2D eigenvalue weighted by atomic mass is 16.7. The molecule has 2 unspecified atom stereocenters. The van der Waals surface area contributed by atoms with E-state index in [0.717, 1.165) is 38.5 Å². The molecule has 10 nitrogen and oxygen atoms in total. The maximum Gasteiger partial charge on any atom is 0.508 e. The Hall–Kier alpha value is -3.14. The van der Waals surface area contributed by atoms with Gasteiger partial charge in [-0.05, 0) is 57.2 Å². The molecule has 0 radical (unpaired) electrons. The molecule has 0 aliphatic carbocycles. The van der Waals surface area contributed by atoms with E-state index in [4.69, 9.17) is 18.9 Å². The van der Waals surface area contributed by atoms with Crippen molar-refractivity contribution in [3.63, 3.8) is 0 Å². The van der Waals surface area contributed by atoms with Gasteiger partial charge in [-0.2, -0.15) is 0 Å². The molecule has 1 rings (SSSR count). The fraction of sp³-hybridized carbons (Fsp3) is 0.667. The molecule has 0 amide bonds. The molecule has 0 heterocycles. The third kappa shape index (κ3) is 14.9. The molecule has 2 N–H and O–H groups in total. The summed E-state index contributed by atoms with van der Waals surface area (Å²) in [5.74, 6) is -1.78. The second-order valence-electron chi connectivity index (χ2n) is 10.0. The molecule has 0 saturated carbocycles. The van der Waals surface area contributed by atoms with Gasteiger partial charge in [-0.15, -0.1) is 0 Å². The summed E-state index contributed by atoms with van der Waals surface area (Å²) < 4.78 is 21.4. The average molecular weight is 566 g/mol. The molecule has 40 heavy (non-hydrogen) atoms. The molecular weight excluding hydrogens is 518 g/mol. The fourth-order valence-corrected chi connectivity index (χ4v) is 3.88. The van der Waals surface area contributed by atoms with Crippen LogP contribution in [0.15, 0.2) is 18.2 Å². The van der Waals surface area contributed by atoms with Crippen LogP contribution in [0.4, 0.5) is 4.79 Å². The first kappa shape index (κ1) is 34.9. The molecule has 3 atom stereocenters. The van der Waals surface area contributed by atoms with E-state index in [1.54, 1.807) is 19.9 Å². The van der Waals surface area contributed by atoms with E-state index in [2.05, 4.69) is 5.32 Å². The number of carboxylic acid groups (broad SMARTS) is 1. The minimum absolute atomic E-state index is 0.0468. The number of benzene rings is 1. The van der Waals surface area contributed by atoms with Crippen LogP contribution in [0.25, 0.3) is 0 Å². The third-order valence-electron chi connectivity index (χ3n) is 6.10. The second kappa shape index (κ2) is 19.8. The normalized spacial score (nSPS) is 13.1. The average Bonchev–Trinajstić information content (AvgIpc) is 2.88. The van der Waals surface area contributed by atoms with Crippen LogP contribution < -0.4 is 14.8 Å². The topological polar surface area (TPSA) is 137 Å². The Bertz CT molecular complexity index is 934. The standard InChI is InChI=1S/C30H47NO9/c1-6-9-11-14-27(32)39-25-17-16-23(19-26(25)40-28(33)15-12-10-7-2)18-24(29(34)35)31-20-22(5)38-30(36)37-21(4)13-8-3/h16-17,19,21-22,24,31H,6-15,18,20H2,1-5H3,(H,34,35)/t21?,22?,24-/m0/s1. The zero-order valence-electron chi connectivity index (χ0n) is 24.7. The minimum atomic E-state index is -1.10.